The lowest BCUT2D eigenvalue weighted by molar-refractivity contribution is -0.148. The molecule has 0 spiro atoms. The summed E-state index contributed by atoms with van der Waals surface area (Å²) in [5, 5.41) is 0. The summed E-state index contributed by atoms with van der Waals surface area (Å²) in [6, 6.07) is 5.89. The number of halogens is 4. The molecule has 1 aromatic rings. The van der Waals surface area contributed by atoms with Crippen molar-refractivity contribution in [1.29, 1.82) is 0 Å². The van der Waals surface area contributed by atoms with Crippen LogP contribution in [0, 0.1) is 0 Å². The van der Waals surface area contributed by atoms with E-state index in [9.17, 15) is 13.2 Å². The maximum absolute atomic E-state index is 12.5. The van der Waals surface area contributed by atoms with Crippen LogP contribution < -0.4 is 0 Å². The number of rotatable bonds is 2. The van der Waals surface area contributed by atoms with Crippen molar-refractivity contribution in [3.63, 3.8) is 0 Å². The van der Waals surface area contributed by atoms with Crippen molar-refractivity contribution in [2.24, 2.45) is 4.99 Å². The van der Waals surface area contributed by atoms with Gasteiger partial charge in [0.05, 0.1) is 4.22 Å². The summed E-state index contributed by atoms with van der Waals surface area (Å²) in [6.07, 6.45) is -4.33. The molecule has 1 atom stereocenters. The summed E-state index contributed by atoms with van der Waals surface area (Å²) >= 11 is 1.68. The number of nitrogens with zero attached hydrogens (tertiary/aromatic N) is 1. The second kappa shape index (κ2) is 4.77. The Hall–Kier alpha value is -0.590. The summed E-state index contributed by atoms with van der Waals surface area (Å²) in [5.74, 6) is 0. The molecule has 0 bridgehead atoms. The lowest BCUT2D eigenvalue weighted by Crippen LogP contribution is -2.18. The molecule has 0 fully saturated rings. The minimum atomic E-state index is -4.33. The van der Waals surface area contributed by atoms with Gasteiger partial charge in [-0.05, 0) is 28.2 Å². The van der Waals surface area contributed by atoms with Crippen LogP contribution >= 0.6 is 22.6 Å². The molecule has 0 amide bonds. The predicted molar refractivity (Wildman–Crippen MR) is 57.8 cm³/mol. The molecule has 1 rings (SSSR count). The van der Waals surface area contributed by atoms with Crippen molar-refractivity contribution in [3.05, 3.63) is 35.9 Å². The second-order valence-corrected chi connectivity index (χ2v) is 3.16. The molecule has 0 radical (unpaired) electrons. The van der Waals surface area contributed by atoms with Gasteiger partial charge in [-0.15, -0.1) is 0 Å². The fourth-order valence-electron chi connectivity index (χ4n) is 1.05. The van der Waals surface area contributed by atoms with Crippen molar-refractivity contribution in [2.45, 2.75) is 12.2 Å². The predicted octanol–water partition coefficient (Wildman–Crippen LogP) is 3.75. The van der Waals surface area contributed by atoms with E-state index in [1.807, 2.05) is 0 Å². The highest BCUT2D eigenvalue weighted by atomic mass is 127. The van der Waals surface area contributed by atoms with Crippen LogP contribution in [-0.4, -0.2) is 10.4 Å². The first-order chi connectivity index (χ1) is 6.55. The van der Waals surface area contributed by atoms with Crippen LogP contribution in [0.15, 0.2) is 35.3 Å². The SMILES string of the molecule is FC(F)(F)[C@@H](/N=C/I)c1ccccc1. The van der Waals surface area contributed by atoms with E-state index in [-0.39, 0.29) is 5.56 Å². The number of benzene rings is 1. The Morgan fingerprint density at radius 2 is 1.79 bits per heavy atom. The molecule has 0 aliphatic heterocycles. The molecule has 1 nitrogen and oxygen atoms in total. The topological polar surface area (TPSA) is 12.4 Å². The molecule has 1 aromatic carbocycles. The fourth-order valence-corrected chi connectivity index (χ4v) is 1.37. The fraction of sp³-hybridized carbons (Fsp3) is 0.222. The van der Waals surface area contributed by atoms with E-state index in [4.69, 9.17) is 0 Å². The van der Waals surface area contributed by atoms with Crippen molar-refractivity contribution in [3.8, 4) is 0 Å². The zero-order valence-electron chi connectivity index (χ0n) is 7.00. The number of hydrogen-bond acceptors (Lipinski definition) is 1. The van der Waals surface area contributed by atoms with Crippen molar-refractivity contribution in [2.75, 3.05) is 0 Å². The monoisotopic (exact) mass is 313 g/mol. The van der Waals surface area contributed by atoms with Gasteiger partial charge in [0.2, 0.25) is 0 Å². The Labute approximate surface area is 93.2 Å². The number of hydrogen-bond donors (Lipinski definition) is 0. The van der Waals surface area contributed by atoms with Crippen LogP contribution in [0.4, 0.5) is 13.2 Å². The van der Waals surface area contributed by atoms with Crippen LogP contribution in [0.3, 0.4) is 0 Å². The van der Waals surface area contributed by atoms with Gasteiger partial charge in [0.25, 0.3) is 0 Å². The van der Waals surface area contributed by atoms with Crippen LogP contribution in [0.25, 0.3) is 0 Å². The van der Waals surface area contributed by atoms with Crippen LogP contribution in [0.5, 0.6) is 0 Å². The van der Waals surface area contributed by atoms with Gasteiger partial charge >= 0.3 is 6.18 Å². The summed E-state index contributed by atoms with van der Waals surface area (Å²) in [4.78, 5) is 3.40. The first kappa shape index (κ1) is 11.5. The summed E-state index contributed by atoms with van der Waals surface area (Å²) < 4.78 is 38.6. The minimum Gasteiger partial charge on any atom is -0.269 e. The molecule has 0 saturated heterocycles. The molecule has 76 valence electrons. The lowest BCUT2D eigenvalue weighted by Gasteiger charge is -2.15. The molecular formula is C9H7F3IN. The third-order valence-corrected chi connectivity index (χ3v) is 1.95. The second-order valence-electron chi connectivity index (χ2n) is 2.60. The van der Waals surface area contributed by atoms with Gasteiger partial charge in [0, 0.05) is 0 Å². The Morgan fingerprint density at radius 1 is 1.21 bits per heavy atom. The van der Waals surface area contributed by atoms with Gasteiger partial charge in [-0.1, -0.05) is 30.3 Å². The van der Waals surface area contributed by atoms with E-state index in [0.717, 1.165) is 4.22 Å². The molecular weight excluding hydrogens is 306 g/mol. The van der Waals surface area contributed by atoms with Crippen molar-refractivity contribution < 1.29 is 13.2 Å². The Bertz CT molecular complexity index is 308. The third kappa shape index (κ3) is 2.97. The summed E-state index contributed by atoms with van der Waals surface area (Å²) in [6.45, 7) is 0. The largest absolute Gasteiger partial charge is 0.414 e. The molecule has 0 saturated carbocycles. The van der Waals surface area contributed by atoms with Gasteiger partial charge in [-0.2, -0.15) is 13.2 Å². The molecule has 14 heavy (non-hydrogen) atoms. The quantitative estimate of drug-likeness (QED) is 0.582. The highest BCUT2D eigenvalue weighted by molar-refractivity contribution is 14.1. The van der Waals surface area contributed by atoms with Crippen molar-refractivity contribution >= 4 is 26.8 Å². The minimum absolute atomic E-state index is 0.160. The van der Waals surface area contributed by atoms with Gasteiger partial charge in [0.15, 0.2) is 6.04 Å². The van der Waals surface area contributed by atoms with Gasteiger partial charge < -0.3 is 0 Å². The smallest absolute Gasteiger partial charge is 0.269 e. The highest BCUT2D eigenvalue weighted by Crippen LogP contribution is 2.35. The first-order valence-electron chi connectivity index (χ1n) is 3.79. The third-order valence-electron chi connectivity index (χ3n) is 1.63. The zero-order chi connectivity index (χ0) is 10.6. The standard InChI is InChI=1S/C9H7F3IN/c10-9(11,12)8(14-6-13)7-4-2-1-3-5-7/h1-6,8H/b14-6+/t8-/m0/s1. The van der Waals surface area contributed by atoms with E-state index in [1.165, 1.54) is 12.1 Å². The zero-order valence-corrected chi connectivity index (χ0v) is 9.16. The van der Waals surface area contributed by atoms with E-state index < -0.39 is 12.2 Å². The van der Waals surface area contributed by atoms with Crippen molar-refractivity contribution in [1.82, 2.24) is 0 Å². The molecule has 0 aliphatic rings. The molecule has 0 heterocycles. The first-order valence-corrected chi connectivity index (χ1v) is 5.04. The van der Waals surface area contributed by atoms with Crippen LogP contribution in [-0.2, 0) is 0 Å². The summed E-state index contributed by atoms with van der Waals surface area (Å²) in [5.41, 5.74) is 0.160. The average molecular weight is 313 g/mol. The molecule has 0 aromatic heterocycles. The highest BCUT2D eigenvalue weighted by Gasteiger charge is 2.40. The molecule has 0 aliphatic carbocycles. The van der Waals surface area contributed by atoms with Crippen LogP contribution in [0.1, 0.15) is 11.6 Å². The number of alkyl halides is 3. The Morgan fingerprint density at radius 3 is 2.21 bits per heavy atom. The lowest BCUT2D eigenvalue weighted by atomic mass is 10.1. The van der Waals surface area contributed by atoms with Gasteiger partial charge in [0.1, 0.15) is 0 Å². The maximum atomic E-state index is 12.5. The number of aliphatic imine (C=N–C) groups is 1. The maximum Gasteiger partial charge on any atom is 0.414 e. The Kier molecular flexibility index (Phi) is 3.91. The van der Waals surface area contributed by atoms with Crippen LogP contribution in [0.2, 0.25) is 0 Å². The average Bonchev–Trinajstić information content (AvgIpc) is 2.14. The summed E-state index contributed by atoms with van der Waals surface area (Å²) in [7, 11) is 0. The molecule has 0 unspecified atom stereocenters. The van der Waals surface area contributed by atoms with E-state index in [1.54, 1.807) is 40.8 Å². The van der Waals surface area contributed by atoms with E-state index in [2.05, 4.69) is 4.99 Å². The molecule has 5 heteroatoms. The Balaban J connectivity index is 3.01. The van der Waals surface area contributed by atoms with E-state index >= 15 is 0 Å². The molecule has 0 N–H and O–H groups in total. The van der Waals surface area contributed by atoms with E-state index in [0.29, 0.717) is 0 Å². The van der Waals surface area contributed by atoms with Gasteiger partial charge in [-0.25, -0.2) is 0 Å². The normalized spacial score (nSPS) is 14.6. The van der Waals surface area contributed by atoms with Gasteiger partial charge in [-0.3, -0.25) is 4.99 Å².